The summed E-state index contributed by atoms with van der Waals surface area (Å²) in [5.74, 6) is 2.66. The SMILES string of the molecule is Cc1cc(C)c(C(O)CC2CC3CCC2C3)cc1C. The lowest BCUT2D eigenvalue weighted by Crippen LogP contribution is -2.15. The van der Waals surface area contributed by atoms with Crippen molar-refractivity contribution in [1.82, 2.24) is 0 Å². The highest BCUT2D eigenvalue weighted by atomic mass is 16.3. The molecule has 1 aromatic rings. The number of aliphatic hydroxyl groups is 1. The lowest BCUT2D eigenvalue weighted by Gasteiger charge is -2.25. The molecule has 19 heavy (non-hydrogen) atoms. The van der Waals surface area contributed by atoms with E-state index in [-0.39, 0.29) is 6.10 Å². The number of benzene rings is 1. The Morgan fingerprint density at radius 3 is 2.42 bits per heavy atom. The molecule has 0 heterocycles. The van der Waals surface area contributed by atoms with Crippen molar-refractivity contribution < 1.29 is 5.11 Å². The Morgan fingerprint density at radius 1 is 1.05 bits per heavy atom. The highest BCUT2D eigenvalue weighted by Gasteiger charge is 2.40. The first kappa shape index (κ1) is 13.2. The fourth-order valence-electron chi connectivity index (χ4n) is 4.42. The summed E-state index contributed by atoms with van der Waals surface area (Å²) in [6.45, 7) is 6.42. The lowest BCUT2D eigenvalue weighted by atomic mass is 9.82. The van der Waals surface area contributed by atoms with Gasteiger partial charge in [-0.1, -0.05) is 18.6 Å². The number of rotatable bonds is 3. The number of aryl methyl sites for hydroxylation is 3. The molecule has 4 atom stereocenters. The van der Waals surface area contributed by atoms with Gasteiger partial charge in [-0.2, -0.15) is 0 Å². The van der Waals surface area contributed by atoms with Gasteiger partial charge in [-0.25, -0.2) is 0 Å². The third-order valence-corrected chi connectivity index (χ3v) is 5.65. The maximum absolute atomic E-state index is 10.6. The number of hydrogen-bond acceptors (Lipinski definition) is 1. The summed E-state index contributed by atoms with van der Waals surface area (Å²) in [6, 6.07) is 4.41. The Kier molecular flexibility index (Phi) is 3.42. The molecule has 0 amide bonds. The van der Waals surface area contributed by atoms with Crippen LogP contribution in [0.25, 0.3) is 0 Å². The van der Waals surface area contributed by atoms with Crippen LogP contribution in [-0.4, -0.2) is 5.11 Å². The molecule has 3 rings (SSSR count). The smallest absolute Gasteiger partial charge is 0.0795 e. The number of fused-ring (bicyclic) bond motifs is 2. The third kappa shape index (κ3) is 2.45. The molecule has 1 nitrogen and oxygen atoms in total. The number of hydrogen-bond donors (Lipinski definition) is 1. The monoisotopic (exact) mass is 258 g/mol. The van der Waals surface area contributed by atoms with Gasteiger partial charge < -0.3 is 5.11 Å². The molecule has 2 aliphatic carbocycles. The van der Waals surface area contributed by atoms with E-state index in [4.69, 9.17) is 0 Å². The summed E-state index contributed by atoms with van der Waals surface area (Å²) in [4.78, 5) is 0. The van der Waals surface area contributed by atoms with Gasteiger partial charge in [0.1, 0.15) is 0 Å². The molecule has 0 aromatic heterocycles. The highest BCUT2D eigenvalue weighted by molar-refractivity contribution is 5.37. The van der Waals surface area contributed by atoms with E-state index in [0.29, 0.717) is 0 Å². The summed E-state index contributed by atoms with van der Waals surface area (Å²) in [5.41, 5.74) is 5.03. The zero-order valence-electron chi connectivity index (χ0n) is 12.4. The van der Waals surface area contributed by atoms with Crippen molar-refractivity contribution in [1.29, 1.82) is 0 Å². The van der Waals surface area contributed by atoms with Gasteiger partial charge in [0.2, 0.25) is 0 Å². The standard InChI is InChI=1S/C18H26O/c1-11-6-13(3)17(7-12(11)2)18(19)10-16-9-14-4-5-15(16)8-14/h6-7,14-16,18-19H,4-5,8-10H2,1-3H3. The first-order valence-corrected chi connectivity index (χ1v) is 7.80. The minimum absolute atomic E-state index is 0.261. The molecule has 1 aromatic carbocycles. The molecule has 0 aliphatic heterocycles. The van der Waals surface area contributed by atoms with E-state index in [1.807, 2.05) is 0 Å². The quantitative estimate of drug-likeness (QED) is 0.848. The van der Waals surface area contributed by atoms with Crippen LogP contribution in [0.15, 0.2) is 12.1 Å². The third-order valence-electron chi connectivity index (χ3n) is 5.65. The summed E-state index contributed by atoms with van der Waals surface area (Å²) in [6.07, 6.45) is 6.37. The van der Waals surface area contributed by atoms with E-state index < -0.39 is 0 Å². The Morgan fingerprint density at radius 2 is 1.79 bits per heavy atom. The van der Waals surface area contributed by atoms with E-state index in [0.717, 1.165) is 29.7 Å². The lowest BCUT2D eigenvalue weighted by molar-refractivity contribution is 0.125. The molecule has 4 unspecified atom stereocenters. The molecule has 2 aliphatic rings. The van der Waals surface area contributed by atoms with Crippen molar-refractivity contribution in [2.75, 3.05) is 0 Å². The average Bonchev–Trinajstić information content (AvgIpc) is 2.95. The fraction of sp³-hybridized carbons (Fsp3) is 0.667. The van der Waals surface area contributed by atoms with E-state index in [9.17, 15) is 5.11 Å². The van der Waals surface area contributed by atoms with Crippen LogP contribution in [0.5, 0.6) is 0 Å². The minimum atomic E-state index is -0.261. The van der Waals surface area contributed by atoms with Crippen LogP contribution in [0.2, 0.25) is 0 Å². The second kappa shape index (κ2) is 4.94. The summed E-state index contributed by atoms with van der Waals surface area (Å²) < 4.78 is 0. The van der Waals surface area contributed by atoms with Crippen LogP contribution < -0.4 is 0 Å². The zero-order chi connectivity index (χ0) is 13.6. The van der Waals surface area contributed by atoms with Crippen molar-refractivity contribution in [2.24, 2.45) is 17.8 Å². The Labute approximate surface area is 117 Å². The Hall–Kier alpha value is -0.820. The second-order valence-electron chi connectivity index (χ2n) is 6.98. The maximum Gasteiger partial charge on any atom is 0.0795 e. The van der Waals surface area contributed by atoms with Gasteiger partial charge in [0.25, 0.3) is 0 Å². The second-order valence-corrected chi connectivity index (χ2v) is 6.98. The Balaban J connectivity index is 1.73. The van der Waals surface area contributed by atoms with Gasteiger partial charge in [0.05, 0.1) is 6.10 Å². The van der Waals surface area contributed by atoms with Gasteiger partial charge in [-0.3, -0.25) is 0 Å². The van der Waals surface area contributed by atoms with Gasteiger partial charge in [-0.05, 0) is 86.5 Å². The largest absolute Gasteiger partial charge is 0.388 e. The van der Waals surface area contributed by atoms with Crippen LogP contribution in [0, 0.1) is 38.5 Å². The van der Waals surface area contributed by atoms with Crippen molar-refractivity contribution in [2.45, 2.75) is 59.0 Å². The van der Waals surface area contributed by atoms with Gasteiger partial charge >= 0.3 is 0 Å². The Bertz CT molecular complexity index is 477. The van der Waals surface area contributed by atoms with Crippen molar-refractivity contribution in [3.05, 3.63) is 34.4 Å². The molecule has 0 spiro atoms. The normalized spacial score (nSPS) is 30.8. The fourth-order valence-corrected chi connectivity index (χ4v) is 4.42. The first-order valence-electron chi connectivity index (χ1n) is 7.80. The van der Waals surface area contributed by atoms with Crippen molar-refractivity contribution in [3.8, 4) is 0 Å². The topological polar surface area (TPSA) is 20.2 Å². The summed E-state index contributed by atoms with van der Waals surface area (Å²) in [7, 11) is 0. The molecule has 104 valence electrons. The van der Waals surface area contributed by atoms with Crippen LogP contribution >= 0.6 is 0 Å². The predicted molar refractivity (Wildman–Crippen MR) is 79.2 cm³/mol. The summed E-state index contributed by atoms with van der Waals surface area (Å²) in [5, 5.41) is 10.6. The van der Waals surface area contributed by atoms with Crippen LogP contribution in [0.1, 0.15) is 60.5 Å². The van der Waals surface area contributed by atoms with Crippen molar-refractivity contribution in [3.63, 3.8) is 0 Å². The molecule has 2 saturated carbocycles. The minimum Gasteiger partial charge on any atom is -0.388 e. The molecule has 2 bridgehead atoms. The first-order chi connectivity index (χ1) is 9.04. The van der Waals surface area contributed by atoms with Crippen molar-refractivity contribution >= 4 is 0 Å². The van der Waals surface area contributed by atoms with E-state index >= 15 is 0 Å². The van der Waals surface area contributed by atoms with Gasteiger partial charge in [0, 0.05) is 0 Å². The molecule has 0 radical (unpaired) electrons. The van der Waals surface area contributed by atoms with Crippen LogP contribution in [-0.2, 0) is 0 Å². The molecular weight excluding hydrogens is 232 g/mol. The molecular formula is C18H26O. The zero-order valence-corrected chi connectivity index (χ0v) is 12.4. The van der Waals surface area contributed by atoms with Gasteiger partial charge in [-0.15, -0.1) is 0 Å². The molecule has 1 N–H and O–H groups in total. The average molecular weight is 258 g/mol. The molecule has 0 saturated heterocycles. The maximum atomic E-state index is 10.6. The summed E-state index contributed by atoms with van der Waals surface area (Å²) >= 11 is 0. The van der Waals surface area contributed by atoms with Crippen LogP contribution in [0.4, 0.5) is 0 Å². The van der Waals surface area contributed by atoms with Crippen LogP contribution in [0.3, 0.4) is 0 Å². The molecule has 2 fully saturated rings. The van der Waals surface area contributed by atoms with E-state index in [2.05, 4.69) is 32.9 Å². The molecule has 1 heteroatoms. The van der Waals surface area contributed by atoms with Gasteiger partial charge in [0.15, 0.2) is 0 Å². The number of aliphatic hydroxyl groups excluding tert-OH is 1. The van der Waals surface area contributed by atoms with E-state index in [1.54, 1.807) is 0 Å². The van der Waals surface area contributed by atoms with E-state index in [1.165, 1.54) is 42.4 Å². The highest BCUT2D eigenvalue weighted by Crippen LogP contribution is 2.51. The predicted octanol–water partition coefficient (Wildman–Crippen LogP) is 4.47.